The Morgan fingerprint density at radius 2 is 1.75 bits per heavy atom. The number of halogens is 8. The van der Waals surface area contributed by atoms with Gasteiger partial charge in [0, 0.05) is 17.1 Å². The third kappa shape index (κ3) is 6.32. The van der Waals surface area contributed by atoms with Gasteiger partial charge in [-0.2, -0.15) is 26.3 Å². The molecule has 2 aromatic heterocycles. The van der Waals surface area contributed by atoms with Gasteiger partial charge in [-0.1, -0.05) is 29.3 Å². The van der Waals surface area contributed by atoms with Crippen LogP contribution in [0.3, 0.4) is 0 Å². The van der Waals surface area contributed by atoms with Gasteiger partial charge in [0.1, 0.15) is 18.9 Å². The number of nitrogens with zero attached hydrogens (tertiary/aromatic N) is 7. The molecule has 0 aliphatic carbocycles. The fourth-order valence-electron chi connectivity index (χ4n) is 4.83. The molecule has 44 heavy (non-hydrogen) atoms. The van der Waals surface area contributed by atoms with Gasteiger partial charge in [0.05, 0.1) is 22.8 Å². The Morgan fingerprint density at radius 3 is 2.41 bits per heavy atom. The number of aliphatic hydroxyl groups is 1. The topological polar surface area (TPSA) is 111 Å². The summed E-state index contributed by atoms with van der Waals surface area (Å²) >= 11 is 12.2. The number of likely N-dealkylation sites (tertiary alicyclic amines) is 1. The molecule has 3 heterocycles. The van der Waals surface area contributed by atoms with E-state index in [1.807, 2.05) is 0 Å². The molecular weight excluding hydrogens is 643 g/mol. The van der Waals surface area contributed by atoms with Crippen LogP contribution in [-0.4, -0.2) is 76.1 Å². The molecule has 18 heteroatoms. The number of carbonyl (C=O) groups excluding carboxylic acids is 1. The molecule has 1 N–H and O–H groups in total. The summed E-state index contributed by atoms with van der Waals surface area (Å²) in [4.78, 5) is 31.3. The van der Waals surface area contributed by atoms with Crippen molar-refractivity contribution in [3.63, 3.8) is 0 Å². The summed E-state index contributed by atoms with van der Waals surface area (Å²) in [5, 5.41) is 18.3. The minimum absolute atomic E-state index is 0.0253. The average molecular weight is 664 g/mol. The molecule has 0 spiro atoms. The smallest absolute Gasteiger partial charge is 0.382 e. The van der Waals surface area contributed by atoms with Crippen LogP contribution in [0.2, 0.25) is 10.0 Å². The second-order valence-corrected chi connectivity index (χ2v) is 10.7. The van der Waals surface area contributed by atoms with Crippen molar-refractivity contribution in [2.75, 3.05) is 6.54 Å². The third-order valence-electron chi connectivity index (χ3n) is 6.93. The van der Waals surface area contributed by atoms with E-state index < -0.39 is 49.2 Å². The largest absolute Gasteiger partial charge is 0.416 e. The van der Waals surface area contributed by atoms with Crippen LogP contribution < -0.4 is 5.69 Å². The lowest BCUT2D eigenvalue weighted by Gasteiger charge is -2.27. The van der Waals surface area contributed by atoms with Crippen LogP contribution in [0.4, 0.5) is 26.3 Å². The Hall–Kier alpha value is -3.89. The molecule has 2 aromatic carbocycles. The summed E-state index contributed by atoms with van der Waals surface area (Å²) in [6.45, 7) is -1.72. The number of aliphatic hydroxyl groups excluding tert-OH is 1. The number of carbonyl (C=O) groups is 1. The quantitative estimate of drug-likeness (QED) is 0.286. The van der Waals surface area contributed by atoms with Crippen molar-refractivity contribution < 1.29 is 36.2 Å². The van der Waals surface area contributed by atoms with Gasteiger partial charge in [0.15, 0.2) is 17.8 Å². The first-order valence-corrected chi connectivity index (χ1v) is 13.7. The number of para-hydroxylation sites is 1. The maximum absolute atomic E-state index is 13.6. The van der Waals surface area contributed by atoms with E-state index in [0.717, 1.165) is 20.6 Å². The molecule has 234 valence electrons. The van der Waals surface area contributed by atoms with E-state index in [2.05, 4.69) is 15.2 Å². The Kier molecular flexibility index (Phi) is 8.52. The molecule has 1 aliphatic rings. The molecule has 5 rings (SSSR count). The predicted octanol–water partition coefficient (Wildman–Crippen LogP) is 4.74. The second kappa shape index (κ2) is 11.9. The average Bonchev–Trinajstić information content (AvgIpc) is 3.69. The van der Waals surface area contributed by atoms with E-state index in [1.54, 1.807) is 0 Å². The lowest BCUT2D eigenvalue weighted by Crippen LogP contribution is -2.44. The van der Waals surface area contributed by atoms with E-state index in [9.17, 15) is 41.0 Å². The highest BCUT2D eigenvalue weighted by Gasteiger charge is 2.48. The summed E-state index contributed by atoms with van der Waals surface area (Å²) in [5.74, 6) is -1.20. The predicted molar refractivity (Wildman–Crippen MR) is 145 cm³/mol. The normalized spacial score (nSPS) is 16.5. The van der Waals surface area contributed by atoms with Gasteiger partial charge in [-0.15, -0.1) is 10.2 Å². The summed E-state index contributed by atoms with van der Waals surface area (Å²) < 4.78 is 82.6. The zero-order chi connectivity index (χ0) is 32.0. The standard InChI is InChI=1S/C26H21Cl2F6N7O3/c27-15-8-6-14(7-9-15)22-37-40(24(44)39(22)11-19(42)26(32,33)34)12-20-35-13-41(36-20)21-16(3-1-4-17(21)28)23(43)38-10-2-5-18(38)25(29,30)31/h1,3-4,6-9,13,18-19,42H,2,5,10-12H2/t18?,19-/m0/s1. The Bertz CT molecular complexity index is 1730. The number of rotatable bonds is 7. The van der Waals surface area contributed by atoms with Crippen LogP contribution in [0.15, 0.2) is 53.6 Å². The van der Waals surface area contributed by atoms with Gasteiger partial charge in [-0.25, -0.2) is 19.1 Å². The Morgan fingerprint density at radius 1 is 1.05 bits per heavy atom. The number of hydrogen-bond donors (Lipinski definition) is 1. The summed E-state index contributed by atoms with van der Waals surface area (Å²) in [7, 11) is 0. The molecule has 0 radical (unpaired) electrons. The fraction of sp³-hybridized carbons (Fsp3) is 0.346. The Labute approximate surface area is 254 Å². The summed E-state index contributed by atoms with van der Waals surface area (Å²) in [5.41, 5.74) is -1.01. The van der Waals surface area contributed by atoms with Gasteiger partial charge < -0.3 is 10.0 Å². The number of aromatic nitrogens is 6. The molecule has 1 unspecified atom stereocenters. The number of amides is 1. The molecule has 10 nitrogen and oxygen atoms in total. The maximum Gasteiger partial charge on any atom is 0.416 e. The van der Waals surface area contributed by atoms with Crippen molar-refractivity contribution in [2.24, 2.45) is 0 Å². The van der Waals surface area contributed by atoms with Gasteiger partial charge >= 0.3 is 18.0 Å². The molecule has 1 fully saturated rings. The molecule has 1 amide bonds. The van der Waals surface area contributed by atoms with Crippen molar-refractivity contribution in [3.05, 3.63) is 80.7 Å². The van der Waals surface area contributed by atoms with E-state index in [0.29, 0.717) is 9.59 Å². The van der Waals surface area contributed by atoms with E-state index >= 15 is 0 Å². The van der Waals surface area contributed by atoms with E-state index in [1.165, 1.54) is 42.5 Å². The highest BCUT2D eigenvalue weighted by Crippen LogP contribution is 2.35. The molecule has 1 aliphatic heterocycles. The van der Waals surface area contributed by atoms with Gasteiger partial charge in [0.25, 0.3) is 5.91 Å². The first kappa shape index (κ1) is 31.5. The lowest BCUT2D eigenvalue weighted by atomic mass is 10.1. The van der Waals surface area contributed by atoms with Crippen LogP contribution in [0.25, 0.3) is 17.1 Å². The van der Waals surface area contributed by atoms with Crippen molar-refractivity contribution in [1.29, 1.82) is 0 Å². The Balaban J connectivity index is 1.48. The number of benzene rings is 2. The van der Waals surface area contributed by atoms with Crippen molar-refractivity contribution in [3.8, 4) is 17.1 Å². The van der Waals surface area contributed by atoms with E-state index in [-0.39, 0.29) is 52.9 Å². The SMILES string of the molecule is O=C(c1cccc(Cl)c1-n1cnc(Cn2nc(-c3ccc(Cl)cc3)n(C[C@H](O)C(F)(F)F)c2=O)n1)N1CCCC1C(F)(F)F. The third-order valence-corrected chi connectivity index (χ3v) is 7.48. The second-order valence-electron chi connectivity index (χ2n) is 9.88. The maximum atomic E-state index is 13.6. The fourth-order valence-corrected chi connectivity index (χ4v) is 5.22. The molecule has 0 bridgehead atoms. The van der Waals surface area contributed by atoms with Gasteiger partial charge in [-0.3, -0.25) is 9.36 Å². The van der Waals surface area contributed by atoms with Crippen molar-refractivity contribution in [2.45, 2.75) is 50.4 Å². The first-order valence-electron chi connectivity index (χ1n) is 12.9. The molecule has 1 saturated heterocycles. The molecule has 0 saturated carbocycles. The molecule has 4 aromatic rings. The number of hydrogen-bond acceptors (Lipinski definition) is 6. The lowest BCUT2D eigenvalue weighted by molar-refractivity contribution is -0.207. The number of alkyl halides is 6. The van der Waals surface area contributed by atoms with Crippen LogP contribution >= 0.6 is 23.2 Å². The highest BCUT2D eigenvalue weighted by atomic mass is 35.5. The summed E-state index contributed by atoms with van der Waals surface area (Å²) in [6.07, 6.45) is -11.5. The zero-order valence-corrected chi connectivity index (χ0v) is 23.7. The highest BCUT2D eigenvalue weighted by molar-refractivity contribution is 6.33. The first-order chi connectivity index (χ1) is 20.6. The van der Waals surface area contributed by atoms with Crippen molar-refractivity contribution in [1.82, 2.24) is 34.0 Å². The van der Waals surface area contributed by atoms with Crippen LogP contribution in [0, 0.1) is 0 Å². The minimum atomic E-state index is -5.02. The van der Waals surface area contributed by atoms with Crippen LogP contribution in [0.5, 0.6) is 0 Å². The van der Waals surface area contributed by atoms with Crippen LogP contribution in [0.1, 0.15) is 29.0 Å². The molecule has 2 atom stereocenters. The minimum Gasteiger partial charge on any atom is -0.382 e. The van der Waals surface area contributed by atoms with Gasteiger partial charge in [-0.05, 0) is 49.2 Å². The monoisotopic (exact) mass is 663 g/mol. The van der Waals surface area contributed by atoms with Crippen LogP contribution in [-0.2, 0) is 13.1 Å². The van der Waals surface area contributed by atoms with Crippen molar-refractivity contribution >= 4 is 29.1 Å². The van der Waals surface area contributed by atoms with E-state index in [4.69, 9.17) is 23.2 Å². The zero-order valence-electron chi connectivity index (χ0n) is 22.2. The van der Waals surface area contributed by atoms with Gasteiger partial charge in [0.2, 0.25) is 0 Å². The molecular formula is C26H21Cl2F6N7O3. The summed E-state index contributed by atoms with van der Waals surface area (Å²) in [6, 6.07) is 7.88.